The van der Waals surface area contributed by atoms with Gasteiger partial charge >= 0.3 is 0 Å². The van der Waals surface area contributed by atoms with Crippen LogP contribution in [0.4, 0.5) is 11.4 Å². The summed E-state index contributed by atoms with van der Waals surface area (Å²) in [6.07, 6.45) is 2.68. The molecule has 0 unspecified atom stereocenters. The number of benzene rings is 1. The molecule has 23 heavy (non-hydrogen) atoms. The van der Waals surface area contributed by atoms with E-state index in [2.05, 4.69) is 5.32 Å². The molecule has 2 rings (SSSR count). The molecule has 1 aromatic rings. The molecule has 1 aromatic carbocycles. The lowest BCUT2D eigenvalue weighted by atomic mass is 10.2. The van der Waals surface area contributed by atoms with Crippen molar-refractivity contribution in [3.05, 3.63) is 28.3 Å². The zero-order valence-electron chi connectivity index (χ0n) is 13.5. The summed E-state index contributed by atoms with van der Waals surface area (Å²) in [6.45, 7) is 5.52. The van der Waals surface area contributed by atoms with Crippen LogP contribution >= 0.6 is 0 Å². The zero-order valence-corrected chi connectivity index (χ0v) is 14.3. The van der Waals surface area contributed by atoms with Gasteiger partial charge in [-0.15, -0.1) is 0 Å². The minimum Gasteiger partial charge on any atom is -0.379 e. The van der Waals surface area contributed by atoms with E-state index < -0.39 is 14.9 Å². The average molecular weight is 341 g/mol. The number of rotatable bonds is 6. The Kier molecular flexibility index (Phi) is 5.59. The Morgan fingerprint density at radius 3 is 2.48 bits per heavy atom. The van der Waals surface area contributed by atoms with Gasteiger partial charge < -0.3 is 5.32 Å². The van der Waals surface area contributed by atoms with Crippen LogP contribution in [0.3, 0.4) is 0 Å². The molecule has 0 atom stereocenters. The van der Waals surface area contributed by atoms with E-state index in [1.54, 1.807) is 0 Å². The highest BCUT2D eigenvalue weighted by atomic mass is 32.2. The molecule has 0 bridgehead atoms. The van der Waals surface area contributed by atoms with Gasteiger partial charge in [-0.1, -0.05) is 20.3 Å². The molecule has 0 radical (unpaired) electrons. The molecule has 0 spiro atoms. The van der Waals surface area contributed by atoms with Gasteiger partial charge in [0.2, 0.25) is 10.0 Å². The van der Waals surface area contributed by atoms with Crippen LogP contribution in [0.1, 0.15) is 33.1 Å². The third-order valence-corrected chi connectivity index (χ3v) is 5.71. The lowest BCUT2D eigenvalue weighted by Gasteiger charge is -2.25. The Balaban J connectivity index is 2.32. The quantitative estimate of drug-likeness (QED) is 0.634. The minimum atomic E-state index is -3.66. The maximum absolute atomic E-state index is 12.6. The standard InChI is InChI=1S/C15H23N3O4S/c1-12(2)11-16-14-7-6-13(10-15(14)18(19)20)23(21,22)17-8-4-3-5-9-17/h6-7,10,12,16H,3-5,8-9,11H2,1-2H3. The first-order valence-corrected chi connectivity index (χ1v) is 9.29. The molecule has 1 aliphatic rings. The maximum atomic E-state index is 12.6. The number of nitrogens with one attached hydrogen (secondary N) is 1. The van der Waals surface area contributed by atoms with Gasteiger partial charge in [0.1, 0.15) is 5.69 Å². The molecule has 8 heteroatoms. The molecule has 0 aromatic heterocycles. The number of anilines is 1. The van der Waals surface area contributed by atoms with Gasteiger partial charge in [0.05, 0.1) is 9.82 Å². The highest BCUT2D eigenvalue weighted by Crippen LogP contribution is 2.30. The molecule has 0 aliphatic carbocycles. The van der Waals surface area contributed by atoms with E-state index in [1.807, 2.05) is 13.8 Å². The molecule has 0 saturated carbocycles. The van der Waals surface area contributed by atoms with E-state index in [4.69, 9.17) is 0 Å². The van der Waals surface area contributed by atoms with Gasteiger partial charge in [-0.25, -0.2) is 8.42 Å². The second-order valence-corrected chi connectivity index (χ2v) is 8.11. The summed E-state index contributed by atoms with van der Waals surface area (Å²) in [7, 11) is -3.66. The van der Waals surface area contributed by atoms with E-state index in [-0.39, 0.29) is 10.6 Å². The summed E-state index contributed by atoms with van der Waals surface area (Å²) in [4.78, 5) is 10.7. The number of nitro groups is 1. The Morgan fingerprint density at radius 2 is 1.91 bits per heavy atom. The van der Waals surface area contributed by atoms with Crippen LogP contribution < -0.4 is 5.32 Å². The van der Waals surface area contributed by atoms with Crippen LogP contribution in [-0.4, -0.2) is 37.3 Å². The first-order chi connectivity index (χ1) is 10.8. The molecular formula is C15H23N3O4S. The lowest BCUT2D eigenvalue weighted by molar-refractivity contribution is -0.384. The van der Waals surface area contributed by atoms with Gasteiger partial charge in [0, 0.05) is 25.7 Å². The molecule has 1 aliphatic heterocycles. The van der Waals surface area contributed by atoms with Crippen molar-refractivity contribution < 1.29 is 13.3 Å². The summed E-state index contributed by atoms with van der Waals surface area (Å²) in [5, 5.41) is 14.3. The maximum Gasteiger partial charge on any atom is 0.293 e. The van der Waals surface area contributed by atoms with Crippen LogP contribution in [0, 0.1) is 16.0 Å². The smallest absolute Gasteiger partial charge is 0.293 e. The molecule has 1 N–H and O–H groups in total. The molecule has 1 fully saturated rings. The summed E-state index contributed by atoms with van der Waals surface area (Å²) in [6, 6.07) is 4.09. The van der Waals surface area contributed by atoms with Crippen LogP contribution in [0.2, 0.25) is 0 Å². The van der Waals surface area contributed by atoms with Crippen molar-refractivity contribution in [3.63, 3.8) is 0 Å². The number of piperidine rings is 1. The summed E-state index contributed by atoms with van der Waals surface area (Å²) >= 11 is 0. The Morgan fingerprint density at radius 1 is 1.26 bits per heavy atom. The molecule has 0 amide bonds. The Labute approximate surface area is 136 Å². The van der Waals surface area contributed by atoms with Crippen LogP contribution in [-0.2, 0) is 10.0 Å². The van der Waals surface area contributed by atoms with Gasteiger partial charge in [-0.05, 0) is 30.9 Å². The summed E-state index contributed by atoms with van der Waals surface area (Å²) in [5.41, 5.74) is 0.144. The van der Waals surface area contributed by atoms with Gasteiger partial charge in [-0.3, -0.25) is 10.1 Å². The van der Waals surface area contributed by atoms with E-state index in [0.29, 0.717) is 31.2 Å². The third kappa shape index (κ3) is 4.20. The lowest BCUT2D eigenvalue weighted by Crippen LogP contribution is -2.35. The predicted octanol–water partition coefficient (Wildman–Crippen LogP) is 2.84. The van der Waals surface area contributed by atoms with Gasteiger partial charge in [-0.2, -0.15) is 4.31 Å². The average Bonchev–Trinajstić information content (AvgIpc) is 2.53. The first-order valence-electron chi connectivity index (χ1n) is 7.85. The van der Waals surface area contributed by atoms with E-state index >= 15 is 0 Å². The van der Waals surface area contributed by atoms with Crippen molar-refractivity contribution in [2.75, 3.05) is 25.0 Å². The monoisotopic (exact) mass is 341 g/mol. The van der Waals surface area contributed by atoms with Crippen LogP contribution in [0.5, 0.6) is 0 Å². The van der Waals surface area contributed by atoms with Crippen molar-refractivity contribution in [3.8, 4) is 0 Å². The topological polar surface area (TPSA) is 92.6 Å². The van der Waals surface area contributed by atoms with E-state index in [0.717, 1.165) is 25.3 Å². The van der Waals surface area contributed by atoms with Crippen LogP contribution in [0.15, 0.2) is 23.1 Å². The predicted molar refractivity (Wildman–Crippen MR) is 89.0 cm³/mol. The zero-order chi connectivity index (χ0) is 17.0. The fraction of sp³-hybridized carbons (Fsp3) is 0.600. The van der Waals surface area contributed by atoms with E-state index in [1.165, 1.54) is 16.4 Å². The van der Waals surface area contributed by atoms with Gasteiger partial charge in [0.25, 0.3) is 5.69 Å². The fourth-order valence-corrected chi connectivity index (χ4v) is 4.08. The highest BCUT2D eigenvalue weighted by molar-refractivity contribution is 7.89. The second kappa shape index (κ2) is 7.27. The molecule has 7 nitrogen and oxygen atoms in total. The summed E-state index contributed by atoms with van der Waals surface area (Å²) < 4.78 is 26.7. The van der Waals surface area contributed by atoms with Crippen molar-refractivity contribution in [2.45, 2.75) is 38.0 Å². The molecule has 1 heterocycles. The largest absolute Gasteiger partial charge is 0.379 e. The van der Waals surface area contributed by atoms with E-state index in [9.17, 15) is 18.5 Å². The number of sulfonamides is 1. The molecule has 128 valence electrons. The minimum absolute atomic E-state index is 0.0128. The Hall–Kier alpha value is -1.67. The number of nitro benzene ring substituents is 1. The highest BCUT2D eigenvalue weighted by Gasteiger charge is 2.28. The Bertz CT molecular complexity index is 667. The van der Waals surface area contributed by atoms with Crippen molar-refractivity contribution >= 4 is 21.4 Å². The first kappa shape index (κ1) is 17.7. The van der Waals surface area contributed by atoms with Crippen molar-refractivity contribution in [2.24, 2.45) is 5.92 Å². The molecule has 1 saturated heterocycles. The van der Waals surface area contributed by atoms with Crippen molar-refractivity contribution in [1.29, 1.82) is 0 Å². The number of nitrogens with zero attached hydrogens (tertiary/aromatic N) is 2. The number of hydrogen-bond acceptors (Lipinski definition) is 5. The fourth-order valence-electron chi connectivity index (χ4n) is 2.54. The summed E-state index contributed by atoms with van der Waals surface area (Å²) in [5.74, 6) is 0.325. The van der Waals surface area contributed by atoms with Gasteiger partial charge in [0.15, 0.2) is 0 Å². The second-order valence-electron chi connectivity index (χ2n) is 6.18. The van der Waals surface area contributed by atoms with Crippen LogP contribution in [0.25, 0.3) is 0 Å². The van der Waals surface area contributed by atoms with Crippen molar-refractivity contribution in [1.82, 2.24) is 4.31 Å². The third-order valence-electron chi connectivity index (χ3n) is 3.82. The number of hydrogen-bond donors (Lipinski definition) is 1. The SMILES string of the molecule is CC(C)CNc1ccc(S(=O)(=O)N2CCCCC2)cc1[N+](=O)[O-]. The molecular weight excluding hydrogens is 318 g/mol. The normalized spacial score (nSPS) is 16.5.